The summed E-state index contributed by atoms with van der Waals surface area (Å²) in [5.41, 5.74) is 4.04. The topological polar surface area (TPSA) is 59.7 Å². The molecule has 0 spiro atoms. The van der Waals surface area contributed by atoms with E-state index in [-0.39, 0.29) is 5.82 Å². The maximum Gasteiger partial charge on any atom is 0.176 e. The second-order valence-corrected chi connectivity index (χ2v) is 7.43. The number of rotatable bonds is 6. The molecule has 152 valence electrons. The fourth-order valence-corrected chi connectivity index (χ4v) is 3.24. The van der Waals surface area contributed by atoms with E-state index < -0.39 is 0 Å². The largest absolute Gasteiger partial charge is 0.330 e. The van der Waals surface area contributed by atoms with Gasteiger partial charge in [-0.3, -0.25) is 9.36 Å². The predicted molar refractivity (Wildman–Crippen MR) is 120 cm³/mol. The van der Waals surface area contributed by atoms with Crippen LogP contribution in [0.25, 0.3) is 0 Å². The van der Waals surface area contributed by atoms with Crippen LogP contribution in [0.3, 0.4) is 0 Å². The van der Waals surface area contributed by atoms with E-state index in [0.717, 1.165) is 11.3 Å². The Morgan fingerprint density at radius 1 is 1.00 bits per heavy atom. The summed E-state index contributed by atoms with van der Waals surface area (Å²) in [4.78, 5) is 0. The van der Waals surface area contributed by atoms with E-state index in [0.29, 0.717) is 24.0 Å². The van der Waals surface area contributed by atoms with E-state index >= 15 is 0 Å². The van der Waals surface area contributed by atoms with Gasteiger partial charge in [-0.05, 0) is 42.4 Å². The molecule has 8 heteroatoms. The van der Waals surface area contributed by atoms with E-state index in [4.69, 9.17) is 12.2 Å². The SMILES string of the molecule is Cc1ccc(Cn2cc(NC(=S)Nc3ccn(Cc4cccc(F)c4)n3)cn2)cc1. The van der Waals surface area contributed by atoms with Crippen molar-refractivity contribution in [1.29, 1.82) is 0 Å². The van der Waals surface area contributed by atoms with Crippen molar-refractivity contribution in [2.75, 3.05) is 10.6 Å². The van der Waals surface area contributed by atoms with Gasteiger partial charge < -0.3 is 10.6 Å². The highest BCUT2D eigenvalue weighted by molar-refractivity contribution is 7.80. The van der Waals surface area contributed by atoms with Gasteiger partial charge >= 0.3 is 0 Å². The van der Waals surface area contributed by atoms with Crippen molar-refractivity contribution in [3.8, 4) is 0 Å². The van der Waals surface area contributed by atoms with Crippen molar-refractivity contribution in [2.45, 2.75) is 20.0 Å². The minimum absolute atomic E-state index is 0.258. The minimum Gasteiger partial charge on any atom is -0.330 e. The Morgan fingerprint density at radius 2 is 1.80 bits per heavy atom. The normalized spacial score (nSPS) is 10.7. The summed E-state index contributed by atoms with van der Waals surface area (Å²) in [7, 11) is 0. The molecular weight excluding hydrogens is 399 g/mol. The highest BCUT2D eigenvalue weighted by Crippen LogP contribution is 2.11. The van der Waals surface area contributed by atoms with Crippen LogP contribution in [0.5, 0.6) is 0 Å². The van der Waals surface area contributed by atoms with E-state index in [2.05, 4.69) is 52.0 Å². The van der Waals surface area contributed by atoms with Crippen LogP contribution in [0.2, 0.25) is 0 Å². The van der Waals surface area contributed by atoms with Gasteiger partial charge in [0.05, 0.1) is 25.0 Å². The van der Waals surface area contributed by atoms with Gasteiger partial charge in [0.2, 0.25) is 0 Å². The molecule has 4 rings (SSSR count). The van der Waals surface area contributed by atoms with Gasteiger partial charge in [0, 0.05) is 18.5 Å². The van der Waals surface area contributed by atoms with Crippen LogP contribution in [0.4, 0.5) is 15.9 Å². The number of nitrogens with zero attached hydrogens (tertiary/aromatic N) is 4. The van der Waals surface area contributed by atoms with Gasteiger partial charge in [0.15, 0.2) is 10.9 Å². The number of benzene rings is 2. The summed E-state index contributed by atoms with van der Waals surface area (Å²) in [5, 5.41) is 15.4. The van der Waals surface area contributed by atoms with Gasteiger partial charge in [-0.2, -0.15) is 10.2 Å². The number of hydrogen-bond donors (Lipinski definition) is 2. The molecule has 0 amide bonds. The molecule has 30 heavy (non-hydrogen) atoms. The quantitative estimate of drug-likeness (QED) is 0.452. The van der Waals surface area contributed by atoms with Crippen LogP contribution in [0.15, 0.2) is 73.2 Å². The molecule has 0 aliphatic rings. The van der Waals surface area contributed by atoms with Gasteiger partial charge in [0.1, 0.15) is 5.82 Å². The summed E-state index contributed by atoms with van der Waals surface area (Å²) in [5.74, 6) is 0.349. The number of aromatic nitrogens is 4. The third-order valence-corrected chi connectivity index (χ3v) is 4.68. The molecule has 2 heterocycles. The summed E-state index contributed by atoms with van der Waals surface area (Å²) >= 11 is 5.37. The molecule has 0 radical (unpaired) electrons. The molecular formula is C22H21FN6S. The van der Waals surface area contributed by atoms with Crippen LogP contribution in [-0.4, -0.2) is 24.7 Å². The molecule has 0 aliphatic carbocycles. The monoisotopic (exact) mass is 420 g/mol. The lowest BCUT2D eigenvalue weighted by molar-refractivity contribution is 0.619. The number of halogens is 1. The zero-order valence-electron chi connectivity index (χ0n) is 16.4. The summed E-state index contributed by atoms with van der Waals surface area (Å²) < 4.78 is 16.9. The Balaban J connectivity index is 1.31. The lowest BCUT2D eigenvalue weighted by atomic mass is 10.1. The van der Waals surface area contributed by atoms with Crippen molar-refractivity contribution in [3.63, 3.8) is 0 Å². The average molecular weight is 421 g/mol. The molecule has 2 aromatic heterocycles. The van der Waals surface area contributed by atoms with Gasteiger partial charge in [0.25, 0.3) is 0 Å². The third-order valence-electron chi connectivity index (χ3n) is 4.47. The molecule has 6 nitrogen and oxygen atoms in total. The highest BCUT2D eigenvalue weighted by atomic mass is 32.1. The van der Waals surface area contributed by atoms with E-state index in [1.807, 2.05) is 29.2 Å². The third kappa shape index (κ3) is 5.30. The molecule has 2 aromatic carbocycles. The zero-order valence-corrected chi connectivity index (χ0v) is 17.2. The van der Waals surface area contributed by atoms with Crippen LogP contribution in [0.1, 0.15) is 16.7 Å². The standard InChI is InChI=1S/C22H21FN6S/c1-16-5-7-17(8-6-16)13-29-15-20(12-24-29)25-22(30)26-21-9-10-28(27-21)14-18-3-2-4-19(23)11-18/h2-12,15H,13-14H2,1H3,(H2,25,26,27,30). The number of hydrogen-bond acceptors (Lipinski definition) is 3. The second-order valence-electron chi connectivity index (χ2n) is 7.02. The van der Waals surface area contributed by atoms with Crippen molar-refractivity contribution in [1.82, 2.24) is 19.6 Å². The lowest BCUT2D eigenvalue weighted by Gasteiger charge is -2.06. The maximum absolute atomic E-state index is 13.3. The first kappa shape index (κ1) is 19.8. The van der Waals surface area contributed by atoms with Crippen LogP contribution in [0, 0.1) is 12.7 Å². The molecule has 2 N–H and O–H groups in total. The van der Waals surface area contributed by atoms with Crippen molar-refractivity contribution >= 4 is 28.8 Å². The molecule has 0 saturated heterocycles. The average Bonchev–Trinajstić information content (AvgIpc) is 3.33. The highest BCUT2D eigenvalue weighted by Gasteiger charge is 2.06. The lowest BCUT2D eigenvalue weighted by Crippen LogP contribution is -2.19. The van der Waals surface area contributed by atoms with E-state index in [1.54, 1.807) is 16.9 Å². The maximum atomic E-state index is 13.3. The molecule has 4 aromatic rings. The fraction of sp³-hybridized carbons (Fsp3) is 0.136. The van der Waals surface area contributed by atoms with Crippen molar-refractivity contribution in [3.05, 3.63) is 95.7 Å². The van der Waals surface area contributed by atoms with Gasteiger partial charge in [-0.15, -0.1) is 0 Å². The molecule has 0 bridgehead atoms. The fourth-order valence-electron chi connectivity index (χ4n) is 3.01. The summed E-state index contributed by atoms with van der Waals surface area (Å²) in [6, 6.07) is 16.6. The smallest absolute Gasteiger partial charge is 0.176 e. The molecule has 0 fully saturated rings. The molecule has 0 saturated carbocycles. The Hall–Kier alpha value is -3.52. The zero-order chi connectivity index (χ0) is 20.9. The molecule has 0 atom stereocenters. The van der Waals surface area contributed by atoms with Gasteiger partial charge in [-0.25, -0.2) is 4.39 Å². The van der Waals surface area contributed by atoms with E-state index in [9.17, 15) is 4.39 Å². The van der Waals surface area contributed by atoms with E-state index in [1.165, 1.54) is 23.3 Å². The van der Waals surface area contributed by atoms with Crippen molar-refractivity contribution in [2.24, 2.45) is 0 Å². The van der Waals surface area contributed by atoms with Crippen LogP contribution >= 0.6 is 12.2 Å². The predicted octanol–water partition coefficient (Wildman–Crippen LogP) is 4.43. The summed E-state index contributed by atoms with van der Waals surface area (Å²) in [6.45, 7) is 3.23. The first-order valence-corrected chi connectivity index (χ1v) is 9.88. The van der Waals surface area contributed by atoms with Crippen molar-refractivity contribution < 1.29 is 4.39 Å². The second kappa shape index (κ2) is 8.87. The number of thiocarbonyl (C=S) groups is 1. The van der Waals surface area contributed by atoms with Crippen LogP contribution < -0.4 is 10.6 Å². The minimum atomic E-state index is -0.258. The Kier molecular flexibility index (Phi) is 5.85. The Morgan fingerprint density at radius 3 is 2.60 bits per heavy atom. The number of anilines is 2. The first-order chi connectivity index (χ1) is 14.5. The van der Waals surface area contributed by atoms with Gasteiger partial charge in [-0.1, -0.05) is 42.0 Å². The molecule has 0 unspecified atom stereocenters. The Bertz CT molecular complexity index is 1150. The molecule has 0 aliphatic heterocycles. The Labute approximate surface area is 179 Å². The van der Waals surface area contributed by atoms with Crippen LogP contribution in [-0.2, 0) is 13.1 Å². The first-order valence-electron chi connectivity index (χ1n) is 9.47. The summed E-state index contributed by atoms with van der Waals surface area (Å²) in [6.07, 6.45) is 5.44. The number of aryl methyl sites for hydroxylation is 1. The number of nitrogens with one attached hydrogen (secondary N) is 2.